The maximum absolute atomic E-state index is 13.7. The average Bonchev–Trinajstić information content (AvgIpc) is 3.09. The number of nitrogens with zero attached hydrogens (tertiary/aromatic N) is 5. The number of Topliss-reactive ketones (excluding diaryl/α,β-unsaturated/α-hetero) is 1. The van der Waals surface area contributed by atoms with E-state index in [1.54, 1.807) is 20.9 Å². The lowest BCUT2D eigenvalue weighted by Gasteiger charge is -2.27. The summed E-state index contributed by atoms with van der Waals surface area (Å²) in [7, 11) is 0. The first-order valence-corrected chi connectivity index (χ1v) is 13.7. The zero-order valence-electron chi connectivity index (χ0n) is 20.8. The summed E-state index contributed by atoms with van der Waals surface area (Å²) in [5.41, 5.74) is 2.61. The molecule has 1 saturated carbocycles. The van der Waals surface area contributed by atoms with Gasteiger partial charge in [-0.05, 0) is 71.8 Å². The summed E-state index contributed by atoms with van der Waals surface area (Å²) in [6.45, 7) is 7.35. The Morgan fingerprint density at radius 2 is 1.97 bits per heavy atom. The number of aryl methyl sites for hydroxylation is 2. The lowest BCUT2D eigenvalue weighted by Crippen LogP contribution is -2.47. The Kier molecular flexibility index (Phi) is 5.50. The van der Waals surface area contributed by atoms with Gasteiger partial charge in [0.2, 0.25) is 11.8 Å². The van der Waals surface area contributed by atoms with Crippen LogP contribution in [0.4, 0.5) is 5.82 Å². The molecule has 0 spiro atoms. The number of thiazole rings is 1. The molecule has 1 aliphatic carbocycles. The summed E-state index contributed by atoms with van der Waals surface area (Å²) >= 11 is 4.91. The Balaban J connectivity index is 1.32. The number of benzene rings is 1. The van der Waals surface area contributed by atoms with Crippen LogP contribution in [0.5, 0.6) is 0 Å². The average molecular weight is 581 g/mol. The summed E-state index contributed by atoms with van der Waals surface area (Å²) < 4.78 is 3.19. The van der Waals surface area contributed by atoms with Gasteiger partial charge >= 0.3 is 0 Å². The first kappa shape index (κ1) is 24.2. The third kappa shape index (κ3) is 4.04. The van der Waals surface area contributed by atoms with Crippen molar-refractivity contribution < 1.29 is 14.4 Å². The highest BCUT2D eigenvalue weighted by Gasteiger charge is 2.64. The van der Waals surface area contributed by atoms with Crippen molar-refractivity contribution >= 4 is 71.8 Å². The molecule has 2 aliphatic rings. The van der Waals surface area contributed by atoms with Crippen molar-refractivity contribution in [2.24, 2.45) is 5.41 Å². The molecule has 1 N–H and O–H groups in total. The fourth-order valence-electron chi connectivity index (χ4n) is 5.49. The number of hydrogen-bond donors (Lipinski definition) is 1. The zero-order valence-corrected chi connectivity index (χ0v) is 23.2. The van der Waals surface area contributed by atoms with Crippen LogP contribution in [0.25, 0.3) is 21.1 Å². The van der Waals surface area contributed by atoms with E-state index in [0.717, 1.165) is 27.2 Å². The van der Waals surface area contributed by atoms with Gasteiger partial charge in [-0.3, -0.25) is 19.1 Å². The largest absolute Gasteiger partial charge is 0.325 e. The minimum Gasteiger partial charge on any atom is -0.325 e. The Hall–Kier alpha value is -3.18. The van der Waals surface area contributed by atoms with E-state index in [1.807, 2.05) is 38.1 Å². The number of piperidine rings is 1. The van der Waals surface area contributed by atoms with Gasteiger partial charge in [-0.15, -0.1) is 11.3 Å². The molecule has 37 heavy (non-hydrogen) atoms. The molecule has 4 heterocycles. The second kappa shape index (κ2) is 8.42. The lowest BCUT2D eigenvalue weighted by molar-refractivity contribution is -0.138. The maximum atomic E-state index is 13.7. The number of fused-ring (bicyclic) bond motifs is 3. The molecule has 2 fully saturated rings. The third-order valence-electron chi connectivity index (χ3n) is 7.52. The van der Waals surface area contributed by atoms with E-state index in [2.05, 4.69) is 43.2 Å². The van der Waals surface area contributed by atoms with Gasteiger partial charge in [-0.1, -0.05) is 13.0 Å². The fourth-order valence-corrected chi connectivity index (χ4v) is 6.64. The molecule has 9 nitrogen and oxygen atoms in total. The summed E-state index contributed by atoms with van der Waals surface area (Å²) in [6.07, 6.45) is 1.47. The normalized spacial score (nSPS) is 22.5. The molecule has 3 aromatic heterocycles. The quantitative estimate of drug-likeness (QED) is 0.272. The van der Waals surface area contributed by atoms with E-state index < -0.39 is 6.04 Å². The minimum absolute atomic E-state index is 0.0114. The Labute approximate surface area is 225 Å². The SMILES string of the molecule is CC(=O)c1nn(CC(=O)N2[C@H](C(=O)Nc3nc(Br)ccc3C)C[C@@]3(C)C[C@@H]23)c2cc3sc(C)nc3cc12. The summed E-state index contributed by atoms with van der Waals surface area (Å²) in [5.74, 6) is -0.129. The van der Waals surface area contributed by atoms with E-state index in [9.17, 15) is 14.4 Å². The number of ketones is 1. The van der Waals surface area contributed by atoms with Crippen LogP contribution in [0, 0.1) is 19.3 Å². The van der Waals surface area contributed by atoms with Crippen LogP contribution in [0.2, 0.25) is 0 Å². The molecule has 1 aromatic carbocycles. The van der Waals surface area contributed by atoms with Gasteiger partial charge < -0.3 is 10.2 Å². The van der Waals surface area contributed by atoms with Gasteiger partial charge in [0, 0.05) is 18.4 Å². The summed E-state index contributed by atoms with van der Waals surface area (Å²) in [6, 6.07) is 6.92. The smallest absolute Gasteiger partial charge is 0.248 e. The number of carbonyl (C=O) groups excluding carboxylic acids is 3. The van der Waals surface area contributed by atoms with Gasteiger partial charge in [-0.25, -0.2) is 9.97 Å². The number of rotatable bonds is 5. The second-order valence-corrected chi connectivity index (χ2v) is 12.4. The number of halogens is 1. The predicted molar refractivity (Wildman–Crippen MR) is 145 cm³/mol. The highest BCUT2D eigenvalue weighted by Crippen LogP contribution is 2.59. The highest BCUT2D eigenvalue weighted by atomic mass is 79.9. The van der Waals surface area contributed by atoms with E-state index in [-0.39, 0.29) is 35.6 Å². The third-order valence-corrected chi connectivity index (χ3v) is 8.89. The molecule has 3 atom stereocenters. The van der Waals surface area contributed by atoms with Crippen LogP contribution in [0.1, 0.15) is 47.7 Å². The summed E-state index contributed by atoms with van der Waals surface area (Å²) in [5, 5.41) is 9.05. The van der Waals surface area contributed by atoms with Crippen LogP contribution >= 0.6 is 27.3 Å². The minimum atomic E-state index is -0.596. The first-order chi connectivity index (χ1) is 17.5. The summed E-state index contributed by atoms with van der Waals surface area (Å²) in [4.78, 5) is 50.1. The van der Waals surface area contributed by atoms with Crippen molar-refractivity contribution in [3.63, 3.8) is 0 Å². The fraction of sp³-hybridized carbons (Fsp3) is 0.385. The zero-order chi connectivity index (χ0) is 26.2. The molecular formula is C26H25BrN6O3S. The van der Waals surface area contributed by atoms with Gasteiger partial charge in [0.1, 0.15) is 28.7 Å². The number of carbonyl (C=O) groups is 3. The molecule has 1 saturated heterocycles. The van der Waals surface area contributed by atoms with Crippen molar-refractivity contribution in [2.75, 3.05) is 5.32 Å². The number of hydrogen-bond acceptors (Lipinski definition) is 7. The molecule has 190 valence electrons. The van der Waals surface area contributed by atoms with Crippen LogP contribution in [-0.2, 0) is 16.1 Å². The molecule has 2 amide bonds. The number of nitrogens with one attached hydrogen (secondary N) is 1. The highest BCUT2D eigenvalue weighted by molar-refractivity contribution is 9.10. The van der Waals surface area contributed by atoms with E-state index in [1.165, 1.54) is 6.92 Å². The van der Waals surface area contributed by atoms with Crippen molar-refractivity contribution in [1.29, 1.82) is 0 Å². The second-order valence-electron chi connectivity index (χ2n) is 10.3. The standard InChI is InChI=1S/C26H25BrN6O3S/c1-12-5-6-21(27)29-24(12)30-25(36)18-9-26(4)10-20(26)33(18)22(35)11-32-17-8-19-16(28-14(3)37-19)7-15(17)23(31-32)13(2)34/h5-8,18,20H,9-11H2,1-4H3,(H,29,30,36)/t18-,20+,26-/m0/s1. The number of pyridine rings is 1. The van der Waals surface area contributed by atoms with Gasteiger partial charge in [-0.2, -0.15) is 5.10 Å². The van der Waals surface area contributed by atoms with Crippen LogP contribution in [-0.4, -0.2) is 54.3 Å². The van der Waals surface area contributed by atoms with Gasteiger partial charge in [0.25, 0.3) is 0 Å². The number of amides is 2. The number of likely N-dealkylation sites (tertiary alicyclic amines) is 1. The van der Waals surface area contributed by atoms with E-state index >= 15 is 0 Å². The van der Waals surface area contributed by atoms with E-state index in [4.69, 9.17) is 0 Å². The molecular weight excluding hydrogens is 556 g/mol. The first-order valence-electron chi connectivity index (χ1n) is 12.1. The number of aromatic nitrogens is 4. The van der Waals surface area contributed by atoms with Crippen molar-refractivity contribution in [2.45, 2.75) is 59.2 Å². The van der Waals surface area contributed by atoms with Crippen LogP contribution in [0.15, 0.2) is 28.9 Å². The monoisotopic (exact) mass is 580 g/mol. The molecule has 0 bridgehead atoms. The Morgan fingerprint density at radius 3 is 2.73 bits per heavy atom. The molecule has 0 radical (unpaired) electrons. The van der Waals surface area contributed by atoms with E-state index in [0.29, 0.717) is 33.4 Å². The maximum Gasteiger partial charge on any atom is 0.248 e. The predicted octanol–water partition coefficient (Wildman–Crippen LogP) is 4.64. The van der Waals surface area contributed by atoms with Crippen molar-refractivity contribution in [3.8, 4) is 0 Å². The molecule has 1 aliphatic heterocycles. The molecule has 4 aromatic rings. The molecule has 6 rings (SSSR count). The molecule has 11 heteroatoms. The Morgan fingerprint density at radius 1 is 1.19 bits per heavy atom. The van der Waals surface area contributed by atoms with Gasteiger partial charge in [0.15, 0.2) is 5.78 Å². The van der Waals surface area contributed by atoms with Crippen molar-refractivity contribution in [3.05, 3.63) is 45.1 Å². The topological polar surface area (TPSA) is 110 Å². The van der Waals surface area contributed by atoms with Crippen LogP contribution in [0.3, 0.4) is 0 Å². The number of anilines is 1. The van der Waals surface area contributed by atoms with Crippen LogP contribution < -0.4 is 5.32 Å². The molecule has 0 unspecified atom stereocenters. The Bertz CT molecular complexity index is 1640. The lowest BCUT2D eigenvalue weighted by atomic mass is 10.0. The van der Waals surface area contributed by atoms with Crippen molar-refractivity contribution in [1.82, 2.24) is 24.6 Å². The van der Waals surface area contributed by atoms with Gasteiger partial charge in [0.05, 0.1) is 20.7 Å².